The molecule has 3 aromatic carbocycles. The van der Waals surface area contributed by atoms with Crippen LogP contribution >= 0.6 is 0 Å². The second kappa shape index (κ2) is 10.2. The van der Waals surface area contributed by atoms with Crippen molar-refractivity contribution >= 4 is 17.5 Å². The molecule has 1 saturated carbocycles. The number of nitrogens with zero attached hydrogens (tertiary/aromatic N) is 1. The fourth-order valence-corrected chi connectivity index (χ4v) is 4.70. The molecule has 6 nitrogen and oxygen atoms in total. The lowest BCUT2D eigenvalue weighted by molar-refractivity contribution is -0.123. The first-order valence-electron chi connectivity index (χ1n) is 11.9. The van der Waals surface area contributed by atoms with Gasteiger partial charge in [-0.15, -0.1) is 0 Å². The van der Waals surface area contributed by atoms with Gasteiger partial charge in [0.1, 0.15) is 25.1 Å². The monoisotopic (exact) mass is 474 g/mol. The van der Waals surface area contributed by atoms with Crippen LogP contribution in [0.2, 0.25) is 0 Å². The maximum absolute atomic E-state index is 14.0. The van der Waals surface area contributed by atoms with Crippen LogP contribution in [0.25, 0.3) is 0 Å². The Bertz CT molecular complexity index is 1190. The van der Waals surface area contributed by atoms with E-state index in [9.17, 15) is 14.0 Å². The summed E-state index contributed by atoms with van der Waals surface area (Å²) in [7, 11) is 0. The molecule has 1 atom stereocenters. The molecule has 0 spiro atoms. The average Bonchev–Trinajstić information content (AvgIpc) is 3.41. The number of para-hydroxylation sites is 1. The van der Waals surface area contributed by atoms with Gasteiger partial charge in [-0.05, 0) is 60.9 Å². The molecule has 0 saturated heterocycles. The summed E-state index contributed by atoms with van der Waals surface area (Å²) < 4.78 is 25.1. The standard InChI is InChI=1S/C28H27FN2O4/c29-21-13-10-19(11-14-21)26(27(32)30-22-6-4-5-7-22)31(23-8-2-1-3-9-23)28(33)20-12-15-24-25(18-20)35-17-16-34-24/h1-3,8-15,18,22,26H,4-7,16-17H2,(H,30,32)/t26-/m0/s1. The second-order valence-electron chi connectivity index (χ2n) is 8.81. The lowest BCUT2D eigenvalue weighted by atomic mass is 10.0. The molecule has 1 aliphatic carbocycles. The van der Waals surface area contributed by atoms with Crippen molar-refractivity contribution in [1.82, 2.24) is 5.32 Å². The summed E-state index contributed by atoms with van der Waals surface area (Å²) in [6, 6.07) is 18.9. The van der Waals surface area contributed by atoms with Crippen LogP contribution in [-0.4, -0.2) is 31.1 Å². The quantitative estimate of drug-likeness (QED) is 0.543. The van der Waals surface area contributed by atoms with E-state index in [4.69, 9.17) is 9.47 Å². The van der Waals surface area contributed by atoms with Gasteiger partial charge in [0.2, 0.25) is 5.91 Å². The molecule has 1 aliphatic heterocycles. The van der Waals surface area contributed by atoms with Gasteiger partial charge < -0.3 is 14.8 Å². The van der Waals surface area contributed by atoms with Crippen LogP contribution in [-0.2, 0) is 4.79 Å². The van der Waals surface area contributed by atoms with Gasteiger partial charge in [0, 0.05) is 17.3 Å². The van der Waals surface area contributed by atoms with Crippen molar-refractivity contribution in [3.63, 3.8) is 0 Å². The topological polar surface area (TPSA) is 67.9 Å². The summed E-state index contributed by atoms with van der Waals surface area (Å²) in [5.74, 6) is -0.00702. The van der Waals surface area contributed by atoms with E-state index in [0.717, 1.165) is 25.7 Å². The number of fused-ring (bicyclic) bond motifs is 1. The van der Waals surface area contributed by atoms with Crippen molar-refractivity contribution in [2.24, 2.45) is 0 Å². The predicted molar refractivity (Wildman–Crippen MR) is 130 cm³/mol. The SMILES string of the molecule is O=C(NC1CCCC1)[C@H](c1ccc(F)cc1)N(C(=O)c1ccc2c(c1)OCCO2)c1ccccc1. The van der Waals surface area contributed by atoms with Crippen LogP contribution in [0, 0.1) is 5.82 Å². The van der Waals surface area contributed by atoms with Crippen LogP contribution in [0.3, 0.4) is 0 Å². The van der Waals surface area contributed by atoms with Crippen molar-refractivity contribution in [2.45, 2.75) is 37.8 Å². The molecular formula is C28H27FN2O4. The highest BCUT2D eigenvalue weighted by molar-refractivity contribution is 6.10. The number of carbonyl (C=O) groups is 2. The molecule has 35 heavy (non-hydrogen) atoms. The molecule has 0 aromatic heterocycles. The first-order chi connectivity index (χ1) is 17.1. The fourth-order valence-electron chi connectivity index (χ4n) is 4.70. The van der Waals surface area contributed by atoms with Crippen LogP contribution in [0.5, 0.6) is 11.5 Å². The highest BCUT2D eigenvalue weighted by Crippen LogP contribution is 2.34. The Morgan fingerprint density at radius 3 is 2.29 bits per heavy atom. The van der Waals surface area contributed by atoms with Gasteiger partial charge >= 0.3 is 0 Å². The molecule has 7 heteroatoms. The van der Waals surface area contributed by atoms with E-state index in [1.807, 2.05) is 18.2 Å². The average molecular weight is 475 g/mol. The number of halogens is 1. The number of anilines is 1. The zero-order chi connectivity index (χ0) is 24.2. The molecule has 0 radical (unpaired) electrons. The van der Waals surface area contributed by atoms with E-state index in [1.165, 1.54) is 17.0 Å². The number of ether oxygens (including phenoxy) is 2. The van der Waals surface area contributed by atoms with Crippen LogP contribution in [0.4, 0.5) is 10.1 Å². The molecule has 1 fully saturated rings. The Hall–Kier alpha value is -3.87. The van der Waals surface area contributed by atoms with Crippen LogP contribution < -0.4 is 19.7 Å². The Kier molecular flexibility index (Phi) is 6.66. The van der Waals surface area contributed by atoms with Crippen LogP contribution in [0.1, 0.15) is 47.6 Å². The maximum Gasteiger partial charge on any atom is 0.259 e. The summed E-state index contributed by atoms with van der Waals surface area (Å²) in [6.45, 7) is 0.847. The molecule has 5 rings (SSSR count). The fraction of sp³-hybridized carbons (Fsp3) is 0.286. The molecule has 2 aliphatic rings. The molecule has 2 amide bonds. The van der Waals surface area contributed by atoms with Crippen molar-refractivity contribution in [1.29, 1.82) is 0 Å². The smallest absolute Gasteiger partial charge is 0.259 e. The van der Waals surface area contributed by atoms with Gasteiger partial charge in [-0.3, -0.25) is 14.5 Å². The van der Waals surface area contributed by atoms with Gasteiger partial charge in [0.25, 0.3) is 5.91 Å². The number of benzene rings is 3. The Morgan fingerprint density at radius 1 is 0.886 bits per heavy atom. The Balaban J connectivity index is 1.58. The highest BCUT2D eigenvalue weighted by atomic mass is 19.1. The minimum absolute atomic E-state index is 0.0625. The van der Waals surface area contributed by atoms with E-state index < -0.39 is 11.9 Å². The third-order valence-corrected chi connectivity index (χ3v) is 6.44. The maximum atomic E-state index is 14.0. The number of carbonyl (C=O) groups excluding carboxylic acids is 2. The van der Waals surface area contributed by atoms with Crippen LogP contribution in [0.15, 0.2) is 72.8 Å². The molecule has 1 heterocycles. The number of amides is 2. The van der Waals surface area contributed by atoms with Crippen molar-refractivity contribution in [3.8, 4) is 11.5 Å². The van der Waals surface area contributed by atoms with Gasteiger partial charge in [-0.2, -0.15) is 0 Å². The lowest BCUT2D eigenvalue weighted by Gasteiger charge is -2.32. The summed E-state index contributed by atoms with van der Waals surface area (Å²) >= 11 is 0. The lowest BCUT2D eigenvalue weighted by Crippen LogP contribution is -2.46. The summed E-state index contributed by atoms with van der Waals surface area (Å²) in [4.78, 5) is 29.2. The van der Waals surface area contributed by atoms with Gasteiger partial charge in [-0.25, -0.2) is 4.39 Å². The zero-order valence-electron chi connectivity index (χ0n) is 19.3. The first-order valence-corrected chi connectivity index (χ1v) is 11.9. The first kappa shape index (κ1) is 22.9. The molecule has 180 valence electrons. The normalized spacial score (nSPS) is 15.9. The van der Waals surface area contributed by atoms with Crippen molar-refractivity contribution in [2.75, 3.05) is 18.1 Å². The third-order valence-electron chi connectivity index (χ3n) is 6.44. The zero-order valence-corrected chi connectivity index (χ0v) is 19.3. The van der Waals surface area contributed by atoms with E-state index in [-0.39, 0.29) is 17.9 Å². The molecule has 0 bridgehead atoms. The minimum atomic E-state index is -0.987. The van der Waals surface area contributed by atoms with E-state index >= 15 is 0 Å². The number of nitrogens with one attached hydrogen (secondary N) is 1. The Morgan fingerprint density at radius 2 is 1.57 bits per heavy atom. The third kappa shape index (κ3) is 4.99. The number of hydrogen-bond donors (Lipinski definition) is 1. The van der Waals surface area contributed by atoms with E-state index in [1.54, 1.807) is 42.5 Å². The second-order valence-corrected chi connectivity index (χ2v) is 8.81. The van der Waals surface area contributed by atoms with Gasteiger partial charge in [0.15, 0.2) is 11.5 Å². The van der Waals surface area contributed by atoms with E-state index in [0.29, 0.717) is 41.5 Å². The highest BCUT2D eigenvalue weighted by Gasteiger charge is 2.35. The summed E-state index contributed by atoms with van der Waals surface area (Å²) in [6.07, 6.45) is 3.93. The molecular weight excluding hydrogens is 447 g/mol. The molecule has 0 unspecified atom stereocenters. The Labute approximate surface area is 203 Å². The van der Waals surface area contributed by atoms with Gasteiger partial charge in [-0.1, -0.05) is 43.2 Å². The van der Waals surface area contributed by atoms with E-state index in [2.05, 4.69) is 5.32 Å². The summed E-state index contributed by atoms with van der Waals surface area (Å²) in [5.41, 5.74) is 1.44. The minimum Gasteiger partial charge on any atom is -0.486 e. The predicted octanol–water partition coefficient (Wildman–Crippen LogP) is 5.04. The van der Waals surface area contributed by atoms with Crippen molar-refractivity contribution in [3.05, 3.63) is 89.7 Å². The number of rotatable bonds is 6. The molecule has 1 N–H and O–H groups in total. The van der Waals surface area contributed by atoms with Gasteiger partial charge in [0.05, 0.1) is 0 Å². The number of hydrogen-bond acceptors (Lipinski definition) is 4. The van der Waals surface area contributed by atoms with Crippen molar-refractivity contribution < 1.29 is 23.5 Å². The largest absolute Gasteiger partial charge is 0.486 e. The summed E-state index contributed by atoms with van der Waals surface area (Å²) in [5, 5.41) is 3.13. The molecule has 3 aromatic rings.